The maximum atomic E-state index is 13.7. The van der Waals surface area contributed by atoms with Crippen LogP contribution in [0, 0.1) is 5.82 Å². The molecule has 0 bridgehead atoms. The zero-order chi connectivity index (χ0) is 20.8. The predicted molar refractivity (Wildman–Crippen MR) is 105 cm³/mol. The molecule has 2 aromatic carbocycles. The van der Waals surface area contributed by atoms with Gasteiger partial charge in [0.15, 0.2) is 0 Å². The van der Waals surface area contributed by atoms with Crippen molar-refractivity contribution in [3.8, 4) is 5.75 Å². The van der Waals surface area contributed by atoms with E-state index in [9.17, 15) is 18.8 Å². The number of benzene rings is 2. The summed E-state index contributed by atoms with van der Waals surface area (Å²) < 4.78 is 18.7. The highest BCUT2D eigenvalue weighted by Gasteiger charge is 2.24. The minimum absolute atomic E-state index is 0.0344. The number of likely N-dealkylation sites (tertiary alicyclic amines) is 1. The van der Waals surface area contributed by atoms with E-state index in [0.717, 1.165) is 0 Å². The maximum absolute atomic E-state index is 13.7. The maximum Gasteiger partial charge on any atom is 0.308 e. The lowest BCUT2D eigenvalue weighted by Gasteiger charge is -2.32. The van der Waals surface area contributed by atoms with Gasteiger partial charge in [0.1, 0.15) is 11.6 Å². The Morgan fingerprint density at radius 1 is 1.10 bits per heavy atom. The Balaban J connectivity index is 1.50. The molecule has 0 unspecified atom stereocenters. The molecule has 0 radical (unpaired) electrons. The van der Waals surface area contributed by atoms with Crippen molar-refractivity contribution in [1.82, 2.24) is 10.2 Å². The number of esters is 1. The summed E-state index contributed by atoms with van der Waals surface area (Å²) in [5.74, 6) is -0.878. The molecular formula is C22H23FN2O4. The fourth-order valence-electron chi connectivity index (χ4n) is 3.33. The van der Waals surface area contributed by atoms with Crippen LogP contribution in [0.15, 0.2) is 48.5 Å². The van der Waals surface area contributed by atoms with Crippen LogP contribution in [0.25, 0.3) is 0 Å². The zero-order valence-electron chi connectivity index (χ0n) is 16.2. The second-order valence-electron chi connectivity index (χ2n) is 7.02. The number of nitrogens with one attached hydrogen (secondary N) is 1. The summed E-state index contributed by atoms with van der Waals surface area (Å²) in [4.78, 5) is 37.7. The lowest BCUT2D eigenvalue weighted by atomic mass is 10.0. The molecule has 0 aromatic heterocycles. The monoisotopic (exact) mass is 398 g/mol. The first-order valence-corrected chi connectivity index (χ1v) is 9.53. The lowest BCUT2D eigenvalue weighted by molar-refractivity contribution is -0.132. The van der Waals surface area contributed by atoms with Crippen LogP contribution in [0.1, 0.15) is 35.7 Å². The number of hydrogen-bond donors (Lipinski definition) is 1. The number of amides is 2. The number of carbonyl (C=O) groups is 3. The molecule has 0 aliphatic carbocycles. The molecule has 1 N–H and O–H groups in total. The van der Waals surface area contributed by atoms with Crippen molar-refractivity contribution in [3.63, 3.8) is 0 Å². The van der Waals surface area contributed by atoms with E-state index >= 15 is 0 Å². The first-order chi connectivity index (χ1) is 13.9. The molecule has 1 aliphatic heterocycles. The van der Waals surface area contributed by atoms with Gasteiger partial charge in [0.25, 0.3) is 5.91 Å². The predicted octanol–water partition coefficient (Wildman–Crippen LogP) is 2.71. The molecule has 0 spiro atoms. The van der Waals surface area contributed by atoms with E-state index < -0.39 is 5.97 Å². The van der Waals surface area contributed by atoms with Gasteiger partial charge in [-0.15, -0.1) is 0 Å². The van der Waals surface area contributed by atoms with E-state index in [0.29, 0.717) is 42.8 Å². The van der Waals surface area contributed by atoms with Crippen LogP contribution in [-0.4, -0.2) is 41.8 Å². The molecule has 29 heavy (non-hydrogen) atoms. The molecule has 7 heteroatoms. The Morgan fingerprint density at radius 2 is 1.83 bits per heavy atom. The third-order valence-electron chi connectivity index (χ3n) is 4.84. The highest BCUT2D eigenvalue weighted by atomic mass is 19.1. The van der Waals surface area contributed by atoms with E-state index in [4.69, 9.17) is 4.74 Å². The second kappa shape index (κ2) is 9.32. The molecule has 0 atom stereocenters. The minimum atomic E-state index is -0.449. The largest absolute Gasteiger partial charge is 0.427 e. The van der Waals surface area contributed by atoms with Gasteiger partial charge in [-0.1, -0.05) is 24.3 Å². The van der Waals surface area contributed by atoms with Gasteiger partial charge in [0.2, 0.25) is 5.91 Å². The number of carbonyl (C=O) groups excluding carboxylic acids is 3. The molecule has 2 aromatic rings. The number of nitrogens with zero attached hydrogens (tertiary/aromatic N) is 1. The van der Waals surface area contributed by atoms with E-state index in [1.807, 2.05) is 0 Å². The highest BCUT2D eigenvalue weighted by molar-refractivity contribution is 5.95. The molecule has 1 heterocycles. The third kappa shape index (κ3) is 5.63. The number of rotatable bonds is 5. The van der Waals surface area contributed by atoms with Crippen LogP contribution >= 0.6 is 0 Å². The van der Waals surface area contributed by atoms with Crippen LogP contribution in [0.2, 0.25) is 0 Å². The van der Waals surface area contributed by atoms with Gasteiger partial charge in [0, 0.05) is 31.6 Å². The average Bonchev–Trinajstić information content (AvgIpc) is 2.70. The van der Waals surface area contributed by atoms with Crippen molar-refractivity contribution in [2.45, 2.75) is 32.2 Å². The van der Waals surface area contributed by atoms with Gasteiger partial charge in [-0.25, -0.2) is 4.39 Å². The summed E-state index contributed by atoms with van der Waals surface area (Å²) in [6.07, 6.45) is 1.28. The van der Waals surface area contributed by atoms with Crippen molar-refractivity contribution in [1.29, 1.82) is 0 Å². The lowest BCUT2D eigenvalue weighted by Crippen LogP contribution is -2.47. The minimum Gasteiger partial charge on any atom is -0.427 e. The molecule has 3 rings (SSSR count). The topological polar surface area (TPSA) is 75.7 Å². The normalized spacial score (nSPS) is 14.3. The Labute approximate surface area is 168 Å². The van der Waals surface area contributed by atoms with E-state index in [1.54, 1.807) is 41.3 Å². The van der Waals surface area contributed by atoms with Crippen LogP contribution in [0.4, 0.5) is 4.39 Å². The summed E-state index contributed by atoms with van der Waals surface area (Å²) in [7, 11) is 0. The number of hydrogen-bond acceptors (Lipinski definition) is 4. The summed E-state index contributed by atoms with van der Waals surface area (Å²) in [6.45, 7) is 2.31. The van der Waals surface area contributed by atoms with Crippen molar-refractivity contribution >= 4 is 17.8 Å². The molecular weight excluding hydrogens is 375 g/mol. The number of halogens is 1. The molecule has 6 nitrogen and oxygen atoms in total. The van der Waals surface area contributed by atoms with Gasteiger partial charge < -0.3 is 15.0 Å². The Hall–Kier alpha value is -3.22. The highest BCUT2D eigenvalue weighted by Crippen LogP contribution is 2.17. The third-order valence-corrected chi connectivity index (χ3v) is 4.84. The summed E-state index contributed by atoms with van der Waals surface area (Å²) in [5, 5.41) is 2.96. The first kappa shape index (κ1) is 20.5. The molecule has 0 saturated carbocycles. The van der Waals surface area contributed by atoms with Crippen LogP contribution in [-0.2, 0) is 16.0 Å². The summed E-state index contributed by atoms with van der Waals surface area (Å²) >= 11 is 0. The van der Waals surface area contributed by atoms with Crippen molar-refractivity contribution in [2.75, 3.05) is 13.1 Å². The van der Waals surface area contributed by atoms with Crippen LogP contribution in [0.3, 0.4) is 0 Å². The number of ether oxygens (including phenoxy) is 1. The van der Waals surface area contributed by atoms with Gasteiger partial charge >= 0.3 is 5.97 Å². The van der Waals surface area contributed by atoms with Crippen LogP contribution in [0.5, 0.6) is 5.75 Å². The Kier molecular flexibility index (Phi) is 6.59. The second-order valence-corrected chi connectivity index (χ2v) is 7.02. The van der Waals surface area contributed by atoms with E-state index in [-0.39, 0.29) is 30.1 Å². The zero-order valence-corrected chi connectivity index (χ0v) is 16.2. The van der Waals surface area contributed by atoms with E-state index in [2.05, 4.69) is 5.32 Å². The standard InChI is InChI=1S/C22H23FN2O4/c1-15(26)29-19-7-4-6-17(13-19)22(28)24-18-9-11-25(12-10-18)21(27)14-16-5-2-3-8-20(16)23/h2-8,13,18H,9-12,14H2,1H3,(H,24,28). The summed E-state index contributed by atoms with van der Waals surface area (Å²) in [6, 6.07) is 12.6. The van der Waals surface area contributed by atoms with Gasteiger partial charge in [-0.2, -0.15) is 0 Å². The Bertz CT molecular complexity index is 907. The van der Waals surface area contributed by atoms with Gasteiger partial charge in [0.05, 0.1) is 6.42 Å². The van der Waals surface area contributed by atoms with Crippen molar-refractivity contribution in [3.05, 3.63) is 65.5 Å². The molecule has 152 valence electrons. The molecule has 1 fully saturated rings. The fourth-order valence-corrected chi connectivity index (χ4v) is 3.33. The first-order valence-electron chi connectivity index (χ1n) is 9.53. The fraction of sp³-hybridized carbons (Fsp3) is 0.318. The molecule has 2 amide bonds. The Morgan fingerprint density at radius 3 is 2.52 bits per heavy atom. The van der Waals surface area contributed by atoms with Gasteiger partial charge in [-0.05, 0) is 42.7 Å². The quantitative estimate of drug-likeness (QED) is 0.621. The molecule has 1 aliphatic rings. The van der Waals surface area contributed by atoms with Crippen molar-refractivity contribution < 1.29 is 23.5 Å². The van der Waals surface area contributed by atoms with Crippen molar-refractivity contribution in [2.24, 2.45) is 0 Å². The number of piperidine rings is 1. The van der Waals surface area contributed by atoms with E-state index in [1.165, 1.54) is 19.1 Å². The van der Waals surface area contributed by atoms with Crippen LogP contribution < -0.4 is 10.1 Å². The molecule has 1 saturated heterocycles. The smallest absolute Gasteiger partial charge is 0.308 e. The average molecular weight is 398 g/mol. The SMILES string of the molecule is CC(=O)Oc1cccc(C(=O)NC2CCN(C(=O)Cc3ccccc3F)CC2)c1. The van der Waals surface area contributed by atoms with Gasteiger partial charge in [-0.3, -0.25) is 14.4 Å². The summed E-state index contributed by atoms with van der Waals surface area (Å²) in [5.41, 5.74) is 0.794.